The molecule has 8 nitrogen and oxygen atoms in total. The minimum Gasteiger partial charge on any atom is -0.497 e. The summed E-state index contributed by atoms with van der Waals surface area (Å²) in [5, 5.41) is 16.7. The van der Waals surface area contributed by atoms with Gasteiger partial charge in [0.1, 0.15) is 22.5 Å². The van der Waals surface area contributed by atoms with Gasteiger partial charge in [0, 0.05) is 11.8 Å². The van der Waals surface area contributed by atoms with Crippen molar-refractivity contribution in [2.75, 3.05) is 7.11 Å². The summed E-state index contributed by atoms with van der Waals surface area (Å²) in [5.41, 5.74) is 0.999. The van der Waals surface area contributed by atoms with Crippen LogP contribution >= 0.6 is 0 Å². The van der Waals surface area contributed by atoms with Crippen molar-refractivity contribution in [3.63, 3.8) is 0 Å². The van der Waals surface area contributed by atoms with Crippen molar-refractivity contribution in [2.24, 2.45) is 5.92 Å². The number of nitrogens with zero attached hydrogens (tertiary/aromatic N) is 3. The van der Waals surface area contributed by atoms with E-state index in [1.165, 1.54) is 6.92 Å². The maximum absolute atomic E-state index is 13.1. The van der Waals surface area contributed by atoms with Gasteiger partial charge in [-0.2, -0.15) is 10.4 Å². The molecule has 3 rings (SSSR count). The Kier molecular flexibility index (Phi) is 7.37. The van der Waals surface area contributed by atoms with Crippen LogP contribution in [-0.2, 0) is 9.53 Å². The molecule has 0 saturated heterocycles. The van der Waals surface area contributed by atoms with Crippen molar-refractivity contribution in [3.8, 4) is 28.8 Å². The summed E-state index contributed by atoms with van der Waals surface area (Å²) in [6.07, 6.45) is 0.470. The topological polar surface area (TPSA) is 106 Å². The Morgan fingerprint density at radius 1 is 1.09 bits per heavy atom. The van der Waals surface area contributed by atoms with Gasteiger partial charge < -0.3 is 14.8 Å². The first-order chi connectivity index (χ1) is 16.2. The zero-order chi connectivity index (χ0) is 24.9. The Bertz CT molecular complexity index is 1200. The molecule has 2 aromatic carbocycles. The summed E-state index contributed by atoms with van der Waals surface area (Å²) in [7, 11) is 1.57. The predicted octanol–water partition coefficient (Wildman–Crippen LogP) is 4.15. The van der Waals surface area contributed by atoms with E-state index >= 15 is 0 Å². The molecule has 2 atom stereocenters. The number of para-hydroxylation sites is 1. The average molecular weight is 461 g/mol. The van der Waals surface area contributed by atoms with E-state index in [0.29, 0.717) is 17.0 Å². The lowest BCUT2D eigenvalue weighted by Gasteiger charge is -2.28. The number of methoxy groups -OCH3 is 1. The van der Waals surface area contributed by atoms with Crippen molar-refractivity contribution in [1.82, 2.24) is 15.1 Å². The number of carbonyl (C=O) groups is 2. The van der Waals surface area contributed by atoms with Gasteiger partial charge in [-0.05, 0) is 56.2 Å². The average Bonchev–Trinajstić information content (AvgIpc) is 3.30. The van der Waals surface area contributed by atoms with Crippen LogP contribution < -0.4 is 10.1 Å². The molecule has 1 heterocycles. The number of nitrogens with one attached hydrogen (secondary N) is 1. The van der Waals surface area contributed by atoms with Gasteiger partial charge in [-0.15, -0.1) is 0 Å². The van der Waals surface area contributed by atoms with E-state index < -0.39 is 23.5 Å². The first-order valence-corrected chi connectivity index (χ1v) is 10.9. The fourth-order valence-corrected chi connectivity index (χ4v) is 3.13. The van der Waals surface area contributed by atoms with Crippen molar-refractivity contribution >= 4 is 11.9 Å². The van der Waals surface area contributed by atoms with Crippen LogP contribution in [0.25, 0.3) is 16.9 Å². The van der Waals surface area contributed by atoms with Crippen LogP contribution in [0, 0.1) is 17.2 Å². The molecule has 2 unspecified atom stereocenters. The second-order valence-corrected chi connectivity index (χ2v) is 8.41. The van der Waals surface area contributed by atoms with Gasteiger partial charge in [0.05, 0.1) is 18.9 Å². The van der Waals surface area contributed by atoms with Gasteiger partial charge in [-0.3, -0.25) is 4.79 Å². The third-order valence-corrected chi connectivity index (χ3v) is 5.74. The number of esters is 1. The molecule has 0 bridgehead atoms. The number of rotatable bonds is 8. The smallest absolute Gasteiger partial charge is 0.342 e. The molecule has 176 valence electrons. The molecule has 0 saturated carbocycles. The summed E-state index contributed by atoms with van der Waals surface area (Å²) < 4.78 is 12.3. The monoisotopic (exact) mass is 460 g/mol. The molecular formula is C26H28N4O4. The van der Waals surface area contributed by atoms with Crippen molar-refractivity contribution in [2.45, 2.75) is 39.3 Å². The minimum atomic E-state index is -1.11. The number of aromatic nitrogens is 2. The quantitative estimate of drug-likeness (QED) is 0.506. The predicted molar refractivity (Wildman–Crippen MR) is 127 cm³/mol. The van der Waals surface area contributed by atoms with Gasteiger partial charge in [-0.25, -0.2) is 9.48 Å². The Balaban J connectivity index is 1.91. The summed E-state index contributed by atoms with van der Waals surface area (Å²) in [5.74, 6) is -0.701. The van der Waals surface area contributed by atoms with Gasteiger partial charge in [-0.1, -0.05) is 32.0 Å². The lowest BCUT2D eigenvalue weighted by atomic mass is 9.90. The van der Waals surface area contributed by atoms with E-state index in [1.807, 2.05) is 44.2 Å². The third kappa shape index (κ3) is 5.26. The van der Waals surface area contributed by atoms with E-state index in [2.05, 4.69) is 16.5 Å². The minimum absolute atomic E-state index is 0.130. The fraction of sp³-hybridized carbons (Fsp3) is 0.308. The SMILES string of the molecule is COc1ccc(-c2nn(-c3ccccc3)cc2C(=O)OC(C)C(=O)NC(C)(C#N)C(C)C)cc1. The lowest BCUT2D eigenvalue weighted by molar-refractivity contribution is -0.130. The van der Waals surface area contributed by atoms with Gasteiger partial charge in [0.15, 0.2) is 6.10 Å². The van der Waals surface area contributed by atoms with E-state index in [1.54, 1.807) is 49.2 Å². The molecule has 0 fully saturated rings. The number of ether oxygens (including phenoxy) is 2. The van der Waals surface area contributed by atoms with Crippen LogP contribution in [0.15, 0.2) is 60.8 Å². The molecular weight excluding hydrogens is 432 g/mol. The lowest BCUT2D eigenvalue weighted by Crippen LogP contribution is -2.52. The van der Waals surface area contributed by atoms with Crippen LogP contribution in [0.4, 0.5) is 0 Å². The van der Waals surface area contributed by atoms with Crippen molar-refractivity contribution in [3.05, 3.63) is 66.4 Å². The van der Waals surface area contributed by atoms with E-state index in [4.69, 9.17) is 9.47 Å². The Morgan fingerprint density at radius 3 is 2.29 bits per heavy atom. The van der Waals surface area contributed by atoms with Crippen LogP contribution in [0.3, 0.4) is 0 Å². The summed E-state index contributed by atoms with van der Waals surface area (Å²) >= 11 is 0. The zero-order valence-electron chi connectivity index (χ0n) is 19.9. The second kappa shape index (κ2) is 10.2. The molecule has 8 heteroatoms. The Morgan fingerprint density at radius 2 is 1.74 bits per heavy atom. The molecule has 1 aromatic heterocycles. The highest BCUT2D eigenvalue weighted by Crippen LogP contribution is 2.27. The number of hydrogen-bond donors (Lipinski definition) is 1. The molecule has 1 N–H and O–H groups in total. The summed E-state index contributed by atoms with van der Waals surface area (Å²) in [6.45, 7) is 6.77. The molecule has 0 aliphatic heterocycles. The normalized spacial score (nSPS) is 13.4. The van der Waals surface area contributed by atoms with E-state index in [0.717, 1.165) is 5.69 Å². The van der Waals surface area contributed by atoms with Gasteiger partial charge in [0.25, 0.3) is 5.91 Å². The third-order valence-electron chi connectivity index (χ3n) is 5.74. The molecule has 3 aromatic rings. The zero-order valence-corrected chi connectivity index (χ0v) is 19.9. The van der Waals surface area contributed by atoms with Crippen LogP contribution in [-0.4, -0.2) is 40.4 Å². The summed E-state index contributed by atoms with van der Waals surface area (Å²) in [4.78, 5) is 25.8. The van der Waals surface area contributed by atoms with Crippen LogP contribution in [0.5, 0.6) is 5.75 Å². The van der Waals surface area contributed by atoms with E-state index in [-0.39, 0.29) is 11.5 Å². The number of nitriles is 1. The molecule has 1 amide bonds. The summed E-state index contributed by atoms with van der Waals surface area (Å²) in [6, 6.07) is 18.6. The number of benzene rings is 2. The van der Waals surface area contributed by atoms with Gasteiger partial charge in [0.2, 0.25) is 0 Å². The molecule has 0 aliphatic rings. The number of carbonyl (C=O) groups excluding carboxylic acids is 2. The Labute approximate surface area is 199 Å². The molecule has 0 spiro atoms. The highest BCUT2D eigenvalue weighted by molar-refractivity contribution is 5.97. The first-order valence-electron chi connectivity index (χ1n) is 10.9. The largest absolute Gasteiger partial charge is 0.497 e. The first kappa shape index (κ1) is 24.5. The van der Waals surface area contributed by atoms with Gasteiger partial charge >= 0.3 is 5.97 Å². The maximum atomic E-state index is 13.1. The Hall–Kier alpha value is -4.12. The van der Waals surface area contributed by atoms with Crippen LogP contribution in [0.1, 0.15) is 38.1 Å². The number of hydrogen-bond acceptors (Lipinski definition) is 6. The highest BCUT2D eigenvalue weighted by Gasteiger charge is 2.33. The van der Waals surface area contributed by atoms with Crippen molar-refractivity contribution in [1.29, 1.82) is 5.26 Å². The second-order valence-electron chi connectivity index (χ2n) is 8.41. The standard InChI is InChI=1S/C26H28N4O4/c1-17(2)26(4,16-27)28-24(31)18(3)34-25(32)22-15-30(20-9-7-6-8-10-20)29-23(22)19-11-13-21(33-5)14-12-19/h6-15,17-18H,1-5H3,(H,28,31). The fourth-order valence-electron chi connectivity index (χ4n) is 3.13. The molecule has 0 aliphatic carbocycles. The van der Waals surface area contributed by atoms with Crippen molar-refractivity contribution < 1.29 is 19.1 Å². The molecule has 34 heavy (non-hydrogen) atoms. The number of amides is 1. The highest BCUT2D eigenvalue weighted by atomic mass is 16.5. The molecule has 0 radical (unpaired) electrons. The maximum Gasteiger partial charge on any atom is 0.342 e. The van der Waals surface area contributed by atoms with E-state index in [9.17, 15) is 14.9 Å². The van der Waals surface area contributed by atoms with Crippen LogP contribution in [0.2, 0.25) is 0 Å².